The van der Waals surface area contributed by atoms with E-state index in [1.165, 1.54) is 11.1 Å². The maximum atomic E-state index is 5.77. The van der Waals surface area contributed by atoms with Crippen LogP contribution in [0, 0.1) is 13.8 Å². The van der Waals surface area contributed by atoms with Gasteiger partial charge in [0.1, 0.15) is 5.75 Å². The molecule has 0 aliphatic carbocycles. The monoisotopic (exact) mass is 267 g/mol. The molecule has 0 heterocycles. The van der Waals surface area contributed by atoms with E-state index in [0.29, 0.717) is 5.25 Å². The van der Waals surface area contributed by atoms with E-state index < -0.39 is 0 Å². The molecule has 1 aromatic rings. The summed E-state index contributed by atoms with van der Waals surface area (Å²) in [6.07, 6.45) is 2.19. The van der Waals surface area contributed by atoms with Crippen LogP contribution in [0.4, 0.5) is 0 Å². The molecule has 3 heteroatoms. The summed E-state index contributed by atoms with van der Waals surface area (Å²) in [6, 6.07) is 6.35. The Morgan fingerprint density at radius 3 is 2.50 bits per heavy atom. The molecule has 0 aliphatic heterocycles. The van der Waals surface area contributed by atoms with Gasteiger partial charge < -0.3 is 10.5 Å². The van der Waals surface area contributed by atoms with Crippen molar-refractivity contribution >= 4 is 11.8 Å². The molecule has 0 radical (unpaired) electrons. The topological polar surface area (TPSA) is 35.2 Å². The number of nitrogens with two attached hydrogens (primary N) is 1. The smallest absolute Gasteiger partial charge is 0.119 e. The first-order chi connectivity index (χ1) is 8.61. The average Bonchev–Trinajstić information content (AvgIpc) is 2.27. The van der Waals surface area contributed by atoms with E-state index in [9.17, 15) is 0 Å². The molecule has 1 atom stereocenters. The Balaban J connectivity index is 2.17. The van der Waals surface area contributed by atoms with Gasteiger partial charge in [-0.3, -0.25) is 0 Å². The van der Waals surface area contributed by atoms with Gasteiger partial charge in [-0.2, -0.15) is 11.8 Å². The van der Waals surface area contributed by atoms with Gasteiger partial charge in [0.25, 0.3) is 0 Å². The Bertz CT molecular complexity index is 334. The van der Waals surface area contributed by atoms with E-state index in [-0.39, 0.29) is 0 Å². The van der Waals surface area contributed by atoms with Crippen molar-refractivity contribution in [3.63, 3.8) is 0 Å². The quantitative estimate of drug-likeness (QED) is 0.732. The summed E-state index contributed by atoms with van der Waals surface area (Å²) < 4.78 is 5.77. The maximum absolute atomic E-state index is 5.77. The predicted molar refractivity (Wildman–Crippen MR) is 81.6 cm³/mol. The van der Waals surface area contributed by atoms with Crippen molar-refractivity contribution in [2.75, 3.05) is 18.9 Å². The molecule has 0 aliphatic rings. The fourth-order valence-electron chi connectivity index (χ4n) is 1.87. The van der Waals surface area contributed by atoms with Gasteiger partial charge >= 0.3 is 0 Å². The number of hydrogen-bond donors (Lipinski definition) is 1. The third-order valence-corrected chi connectivity index (χ3v) is 4.06. The number of rotatable bonds is 8. The third kappa shape index (κ3) is 6.31. The fourth-order valence-corrected chi connectivity index (χ4v) is 2.86. The molecule has 1 rings (SSSR count). The number of aryl methyl sites for hydroxylation is 2. The molecule has 0 fully saturated rings. The van der Waals surface area contributed by atoms with Crippen molar-refractivity contribution in [2.45, 2.75) is 38.9 Å². The number of ether oxygens (including phenoxy) is 1. The maximum Gasteiger partial charge on any atom is 0.119 e. The number of hydrogen-bond acceptors (Lipinski definition) is 3. The lowest BCUT2D eigenvalue weighted by Crippen LogP contribution is -2.08. The highest BCUT2D eigenvalue weighted by molar-refractivity contribution is 7.99. The fraction of sp³-hybridized carbons (Fsp3) is 0.600. The van der Waals surface area contributed by atoms with Crippen LogP contribution in [0.25, 0.3) is 0 Å². The number of benzene rings is 1. The number of thioether (sulfide) groups is 1. The second kappa shape index (κ2) is 8.44. The molecular weight excluding hydrogens is 242 g/mol. The van der Waals surface area contributed by atoms with Crippen molar-refractivity contribution in [3.05, 3.63) is 29.3 Å². The van der Waals surface area contributed by atoms with E-state index in [2.05, 4.69) is 39.0 Å². The summed E-state index contributed by atoms with van der Waals surface area (Å²) in [5.41, 5.74) is 8.05. The van der Waals surface area contributed by atoms with Crippen molar-refractivity contribution in [1.29, 1.82) is 0 Å². The van der Waals surface area contributed by atoms with Gasteiger partial charge in [0, 0.05) is 5.25 Å². The zero-order valence-electron chi connectivity index (χ0n) is 11.7. The Kier molecular flexibility index (Phi) is 7.21. The molecule has 1 aromatic carbocycles. The molecular formula is C15H25NOS. The van der Waals surface area contributed by atoms with Crippen LogP contribution in [0.15, 0.2) is 18.2 Å². The van der Waals surface area contributed by atoms with Crippen LogP contribution in [0.2, 0.25) is 0 Å². The molecule has 0 saturated heterocycles. The zero-order chi connectivity index (χ0) is 13.4. The van der Waals surface area contributed by atoms with Gasteiger partial charge in [-0.1, -0.05) is 13.0 Å². The molecule has 1 unspecified atom stereocenters. The molecule has 102 valence electrons. The largest absolute Gasteiger partial charge is 0.494 e. The van der Waals surface area contributed by atoms with Crippen LogP contribution in [0.5, 0.6) is 5.75 Å². The van der Waals surface area contributed by atoms with Gasteiger partial charge in [-0.15, -0.1) is 0 Å². The summed E-state index contributed by atoms with van der Waals surface area (Å²) in [5, 5.41) is 0.663. The normalized spacial score (nSPS) is 12.4. The minimum Gasteiger partial charge on any atom is -0.494 e. The Morgan fingerprint density at radius 2 is 1.89 bits per heavy atom. The molecule has 0 spiro atoms. The Labute approximate surface area is 115 Å². The van der Waals surface area contributed by atoms with Gasteiger partial charge in [0.05, 0.1) is 6.61 Å². The van der Waals surface area contributed by atoms with E-state index in [1.54, 1.807) is 0 Å². The highest BCUT2D eigenvalue weighted by Gasteiger charge is 2.01. The highest BCUT2D eigenvalue weighted by atomic mass is 32.2. The van der Waals surface area contributed by atoms with Crippen molar-refractivity contribution < 1.29 is 4.74 Å². The summed E-state index contributed by atoms with van der Waals surface area (Å²) in [6.45, 7) is 8.02. The third-order valence-electron chi connectivity index (χ3n) is 2.73. The van der Waals surface area contributed by atoms with Gasteiger partial charge in [0.15, 0.2) is 0 Å². The molecule has 18 heavy (non-hydrogen) atoms. The van der Waals surface area contributed by atoms with E-state index >= 15 is 0 Å². The summed E-state index contributed by atoms with van der Waals surface area (Å²) >= 11 is 1.98. The Morgan fingerprint density at radius 1 is 1.22 bits per heavy atom. The van der Waals surface area contributed by atoms with E-state index in [4.69, 9.17) is 10.5 Å². The van der Waals surface area contributed by atoms with Crippen molar-refractivity contribution in [2.24, 2.45) is 5.73 Å². The second-order valence-corrected chi connectivity index (χ2v) is 6.33. The Hall–Kier alpha value is -0.670. The SMILES string of the molecule is Cc1cc(C)cc(OCCCSC(C)CCN)c1. The van der Waals surface area contributed by atoms with Gasteiger partial charge in [-0.05, 0) is 62.2 Å². The van der Waals surface area contributed by atoms with Crippen LogP contribution in [0.3, 0.4) is 0 Å². The molecule has 0 saturated carbocycles. The predicted octanol–water partition coefficient (Wildman–Crippen LogP) is 3.54. The van der Waals surface area contributed by atoms with Gasteiger partial charge in [0.2, 0.25) is 0 Å². The van der Waals surface area contributed by atoms with Crippen LogP contribution < -0.4 is 10.5 Å². The minimum absolute atomic E-state index is 0.663. The lowest BCUT2D eigenvalue weighted by atomic mass is 10.1. The molecule has 0 bridgehead atoms. The molecule has 2 N–H and O–H groups in total. The van der Waals surface area contributed by atoms with Crippen LogP contribution >= 0.6 is 11.8 Å². The summed E-state index contributed by atoms with van der Waals surface area (Å²) in [5.74, 6) is 2.14. The van der Waals surface area contributed by atoms with Crippen molar-refractivity contribution in [3.8, 4) is 5.75 Å². The lowest BCUT2D eigenvalue weighted by molar-refractivity contribution is 0.318. The average molecular weight is 267 g/mol. The molecule has 2 nitrogen and oxygen atoms in total. The summed E-state index contributed by atoms with van der Waals surface area (Å²) in [7, 11) is 0. The van der Waals surface area contributed by atoms with Crippen molar-refractivity contribution in [1.82, 2.24) is 0 Å². The zero-order valence-corrected chi connectivity index (χ0v) is 12.6. The standard InChI is InChI=1S/C15H25NOS/c1-12-9-13(2)11-15(10-12)17-7-4-8-18-14(3)5-6-16/h9-11,14H,4-8,16H2,1-3H3. The first kappa shape index (κ1) is 15.4. The first-order valence-electron chi connectivity index (χ1n) is 6.64. The minimum atomic E-state index is 0.663. The van der Waals surface area contributed by atoms with E-state index in [0.717, 1.165) is 37.5 Å². The van der Waals surface area contributed by atoms with Crippen LogP contribution in [-0.4, -0.2) is 24.2 Å². The molecule has 0 amide bonds. The second-order valence-electron chi connectivity index (χ2n) is 4.78. The van der Waals surface area contributed by atoms with Gasteiger partial charge in [-0.25, -0.2) is 0 Å². The molecule has 0 aromatic heterocycles. The lowest BCUT2D eigenvalue weighted by Gasteiger charge is -2.10. The first-order valence-corrected chi connectivity index (χ1v) is 7.69. The highest BCUT2D eigenvalue weighted by Crippen LogP contribution is 2.17. The van der Waals surface area contributed by atoms with Crippen LogP contribution in [-0.2, 0) is 0 Å². The summed E-state index contributed by atoms with van der Waals surface area (Å²) in [4.78, 5) is 0. The van der Waals surface area contributed by atoms with Crippen LogP contribution in [0.1, 0.15) is 30.9 Å². The van der Waals surface area contributed by atoms with E-state index in [1.807, 2.05) is 11.8 Å².